The standard InChI is InChI=1S/C30H35N5O4S/c31-29(36)23-7-9-25(10-8-23)39-18-21-2-1-13-35(17-21)40(37,38)19-20-3-5-22(6-4-20)27-16-32-14-24-15-34-30-26(28(24)27)11-12-33-30/h7-12,14-16,20-22H,1-6,13,17-19H2,(H2,31,36)(H,33,34). The zero-order valence-corrected chi connectivity index (χ0v) is 23.3. The van der Waals surface area contributed by atoms with E-state index in [0.717, 1.165) is 54.9 Å². The maximum Gasteiger partial charge on any atom is 0.248 e. The largest absolute Gasteiger partial charge is 0.493 e. The van der Waals surface area contributed by atoms with E-state index in [0.29, 0.717) is 36.9 Å². The third kappa shape index (κ3) is 5.55. The van der Waals surface area contributed by atoms with Crippen molar-refractivity contribution in [1.29, 1.82) is 0 Å². The molecule has 1 aliphatic heterocycles. The lowest BCUT2D eigenvalue weighted by atomic mass is 9.78. The maximum atomic E-state index is 13.4. The summed E-state index contributed by atoms with van der Waals surface area (Å²) in [6, 6.07) is 8.79. The maximum absolute atomic E-state index is 13.4. The second-order valence-corrected chi connectivity index (χ2v) is 13.3. The molecule has 1 saturated carbocycles. The normalized spacial score (nSPS) is 22.4. The SMILES string of the molecule is NC(=O)c1ccc(OCC2CCCN(S(=O)(=O)CC3CCC(c4cncc5cnc6[nH]ccc6c45)CC3)C2)cc1. The summed E-state index contributed by atoms with van der Waals surface area (Å²) in [5, 5.41) is 3.37. The van der Waals surface area contributed by atoms with Crippen LogP contribution in [0.2, 0.25) is 0 Å². The molecule has 1 unspecified atom stereocenters. The van der Waals surface area contributed by atoms with Crippen LogP contribution in [0.15, 0.2) is 55.1 Å². The summed E-state index contributed by atoms with van der Waals surface area (Å²) in [4.78, 5) is 23.5. The lowest BCUT2D eigenvalue weighted by molar-refractivity contribution is 0.1000. The van der Waals surface area contributed by atoms with E-state index in [2.05, 4.69) is 21.0 Å². The van der Waals surface area contributed by atoms with Crippen molar-refractivity contribution in [3.05, 3.63) is 66.2 Å². The molecular formula is C30H35N5O4S. The van der Waals surface area contributed by atoms with Crippen molar-refractivity contribution in [3.8, 4) is 5.75 Å². The summed E-state index contributed by atoms with van der Waals surface area (Å²) in [6.07, 6.45) is 13.1. The number of aromatic nitrogens is 3. The van der Waals surface area contributed by atoms with Crippen LogP contribution in [0.4, 0.5) is 0 Å². The van der Waals surface area contributed by atoms with Gasteiger partial charge in [-0.3, -0.25) is 9.78 Å². The first kappa shape index (κ1) is 26.7. The monoisotopic (exact) mass is 561 g/mol. The summed E-state index contributed by atoms with van der Waals surface area (Å²) < 4.78 is 34.5. The molecule has 40 heavy (non-hydrogen) atoms. The van der Waals surface area contributed by atoms with Gasteiger partial charge in [0.15, 0.2) is 0 Å². The van der Waals surface area contributed by atoms with Gasteiger partial charge >= 0.3 is 0 Å². The minimum atomic E-state index is -3.35. The number of hydrogen-bond donors (Lipinski definition) is 2. The van der Waals surface area contributed by atoms with Gasteiger partial charge in [-0.15, -0.1) is 0 Å². The van der Waals surface area contributed by atoms with Crippen molar-refractivity contribution in [2.45, 2.75) is 44.4 Å². The Bertz CT molecular complexity index is 1610. The molecule has 4 aromatic rings. The van der Waals surface area contributed by atoms with E-state index in [9.17, 15) is 13.2 Å². The van der Waals surface area contributed by atoms with Crippen molar-refractivity contribution in [2.24, 2.45) is 17.6 Å². The van der Waals surface area contributed by atoms with Crippen LogP contribution in [0, 0.1) is 11.8 Å². The zero-order chi connectivity index (χ0) is 27.7. The number of carbonyl (C=O) groups excluding carboxylic acids is 1. The van der Waals surface area contributed by atoms with E-state index >= 15 is 0 Å². The molecule has 3 aromatic heterocycles. The summed E-state index contributed by atoms with van der Waals surface area (Å²) in [7, 11) is -3.35. The number of nitrogens with one attached hydrogen (secondary N) is 1. The Labute approximate surface area is 234 Å². The number of benzene rings is 1. The Morgan fingerprint density at radius 1 is 1.02 bits per heavy atom. The first-order chi connectivity index (χ1) is 19.4. The molecule has 2 aliphatic rings. The zero-order valence-electron chi connectivity index (χ0n) is 22.5. The highest BCUT2D eigenvalue weighted by molar-refractivity contribution is 7.89. The average molecular weight is 562 g/mol. The average Bonchev–Trinajstić information content (AvgIpc) is 3.46. The third-order valence-electron chi connectivity index (χ3n) is 8.56. The number of hydrogen-bond acceptors (Lipinski definition) is 6. The smallest absolute Gasteiger partial charge is 0.248 e. The molecule has 1 aromatic carbocycles. The Kier molecular flexibility index (Phi) is 7.46. The van der Waals surface area contributed by atoms with E-state index in [1.54, 1.807) is 28.6 Å². The van der Waals surface area contributed by atoms with E-state index in [-0.39, 0.29) is 17.6 Å². The van der Waals surface area contributed by atoms with Crippen LogP contribution in [0.5, 0.6) is 5.75 Å². The van der Waals surface area contributed by atoms with Crippen molar-refractivity contribution >= 4 is 37.7 Å². The van der Waals surface area contributed by atoms with Gasteiger partial charge in [-0.2, -0.15) is 0 Å². The number of rotatable bonds is 8. The fraction of sp³-hybridized carbons (Fsp3) is 0.433. The molecule has 1 aliphatic carbocycles. The number of H-pyrrole nitrogens is 1. The van der Waals surface area contributed by atoms with Crippen molar-refractivity contribution in [3.63, 3.8) is 0 Å². The molecule has 0 bridgehead atoms. The number of fused-ring (bicyclic) bond motifs is 3. The number of primary amides is 1. The van der Waals surface area contributed by atoms with Crippen molar-refractivity contribution in [1.82, 2.24) is 19.3 Å². The summed E-state index contributed by atoms with van der Waals surface area (Å²) in [5.41, 5.74) is 7.85. The molecule has 1 saturated heterocycles. The lowest BCUT2D eigenvalue weighted by Crippen LogP contribution is -2.43. The van der Waals surface area contributed by atoms with Gasteiger partial charge in [0, 0.05) is 65.5 Å². The molecule has 3 N–H and O–H groups in total. The number of aromatic amines is 1. The number of piperidine rings is 1. The van der Waals surface area contributed by atoms with Gasteiger partial charge in [0.2, 0.25) is 15.9 Å². The molecule has 9 nitrogen and oxygen atoms in total. The fourth-order valence-electron chi connectivity index (χ4n) is 6.40. The van der Waals surface area contributed by atoms with E-state index in [4.69, 9.17) is 10.5 Å². The van der Waals surface area contributed by atoms with Crippen LogP contribution in [0.1, 0.15) is 60.4 Å². The minimum Gasteiger partial charge on any atom is -0.493 e. The molecule has 0 spiro atoms. The van der Waals surface area contributed by atoms with Crippen LogP contribution in [0.3, 0.4) is 0 Å². The van der Waals surface area contributed by atoms with Crippen molar-refractivity contribution < 1.29 is 17.9 Å². The van der Waals surface area contributed by atoms with Gasteiger partial charge in [-0.05, 0) is 86.3 Å². The third-order valence-corrected chi connectivity index (χ3v) is 10.6. The first-order valence-corrected chi connectivity index (χ1v) is 15.7. The predicted octanol–water partition coefficient (Wildman–Crippen LogP) is 4.60. The molecule has 1 amide bonds. The van der Waals surface area contributed by atoms with E-state index in [1.165, 1.54) is 10.9 Å². The minimum absolute atomic E-state index is 0.133. The Balaban J connectivity index is 1.05. The number of carbonyl (C=O) groups is 1. The van der Waals surface area contributed by atoms with Crippen LogP contribution in [-0.4, -0.2) is 59.0 Å². The molecule has 10 heteroatoms. The molecule has 2 fully saturated rings. The summed E-state index contributed by atoms with van der Waals surface area (Å²) in [5.74, 6) is 1.05. The number of sulfonamides is 1. The van der Waals surface area contributed by atoms with Gasteiger partial charge < -0.3 is 15.5 Å². The summed E-state index contributed by atoms with van der Waals surface area (Å²) in [6.45, 7) is 1.50. The van der Waals surface area contributed by atoms with Gasteiger partial charge in [0.05, 0.1) is 12.4 Å². The Morgan fingerprint density at radius 3 is 2.60 bits per heavy atom. The van der Waals surface area contributed by atoms with Crippen LogP contribution in [0.25, 0.3) is 21.8 Å². The van der Waals surface area contributed by atoms with Gasteiger partial charge in [0.1, 0.15) is 11.4 Å². The molecule has 6 rings (SSSR count). The molecule has 210 valence electrons. The molecule has 4 heterocycles. The molecule has 0 radical (unpaired) electrons. The van der Waals surface area contributed by atoms with Crippen LogP contribution < -0.4 is 10.5 Å². The lowest BCUT2D eigenvalue weighted by Gasteiger charge is -2.34. The number of ether oxygens (including phenoxy) is 1. The van der Waals surface area contributed by atoms with Crippen molar-refractivity contribution in [2.75, 3.05) is 25.4 Å². The van der Waals surface area contributed by atoms with Crippen LogP contribution in [-0.2, 0) is 10.0 Å². The predicted molar refractivity (Wildman–Crippen MR) is 155 cm³/mol. The number of nitrogens with zero attached hydrogens (tertiary/aromatic N) is 3. The number of nitrogens with two attached hydrogens (primary N) is 1. The van der Waals surface area contributed by atoms with E-state index in [1.807, 2.05) is 24.8 Å². The highest BCUT2D eigenvalue weighted by atomic mass is 32.2. The molecular weight excluding hydrogens is 526 g/mol. The van der Waals surface area contributed by atoms with Gasteiger partial charge in [-0.1, -0.05) is 0 Å². The number of amides is 1. The second-order valence-electron chi connectivity index (χ2n) is 11.3. The first-order valence-electron chi connectivity index (χ1n) is 14.1. The Morgan fingerprint density at radius 2 is 1.82 bits per heavy atom. The fourth-order valence-corrected chi connectivity index (χ4v) is 8.39. The topological polar surface area (TPSA) is 131 Å². The highest BCUT2D eigenvalue weighted by Crippen LogP contribution is 2.40. The van der Waals surface area contributed by atoms with E-state index < -0.39 is 15.9 Å². The number of pyridine rings is 2. The van der Waals surface area contributed by atoms with Crippen LogP contribution >= 0.6 is 0 Å². The van der Waals surface area contributed by atoms with Gasteiger partial charge in [0.25, 0.3) is 0 Å². The van der Waals surface area contributed by atoms with Gasteiger partial charge in [-0.25, -0.2) is 17.7 Å². The quantitative estimate of drug-likeness (QED) is 0.323. The highest BCUT2D eigenvalue weighted by Gasteiger charge is 2.33. The molecule has 1 atom stereocenters. The Hall–Kier alpha value is -3.50. The summed E-state index contributed by atoms with van der Waals surface area (Å²) >= 11 is 0. The second kappa shape index (κ2) is 11.2.